The predicted octanol–water partition coefficient (Wildman–Crippen LogP) is 5.01. The summed E-state index contributed by atoms with van der Waals surface area (Å²) in [6.07, 6.45) is 2.70. The lowest BCUT2D eigenvalue weighted by Crippen LogP contribution is -2.13. The molecule has 0 radical (unpaired) electrons. The topological polar surface area (TPSA) is 43.4 Å². The maximum Gasteiger partial charge on any atom is 0.223 e. The standard InChI is InChI=1S/C20H22N2O2S/c1-2-11-23-18-7-3-4-8-19(18)24-20-17(6-5-10-22-20)14-21-13-16-9-12-25-15-16/h3-10,12,15,21H,2,11,13-14H2,1H3. The van der Waals surface area contributed by atoms with Crippen LogP contribution in [0.2, 0.25) is 0 Å². The Kier molecular flexibility index (Phi) is 6.42. The lowest BCUT2D eigenvalue weighted by molar-refractivity contribution is 0.300. The molecule has 3 rings (SSSR count). The van der Waals surface area contributed by atoms with E-state index < -0.39 is 0 Å². The summed E-state index contributed by atoms with van der Waals surface area (Å²) >= 11 is 1.71. The number of rotatable bonds is 9. The number of nitrogens with one attached hydrogen (secondary N) is 1. The summed E-state index contributed by atoms with van der Waals surface area (Å²) in [6, 6.07) is 13.8. The van der Waals surface area contributed by atoms with Crippen molar-refractivity contribution >= 4 is 11.3 Å². The van der Waals surface area contributed by atoms with Gasteiger partial charge in [-0.05, 0) is 47.0 Å². The largest absolute Gasteiger partial charge is 0.490 e. The monoisotopic (exact) mass is 354 g/mol. The zero-order valence-corrected chi connectivity index (χ0v) is 15.1. The molecule has 0 saturated carbocycles. The molecule has 1 aromatic carbocycles. The van der Waals surface area contributed by atoms with Crippen molar-refractivity contribution < 1.29 is 9.47 Å². The second-order valence-electron chi connectivity index (χ2n) is 5.60. The summed E-state index contributed by atoms with van der Waals surface area (Å²) in [5.41, 5.74) is 2.30. The van der Waals surface area contributed by atoms with Crippen LogP contribution in [0.15, 0.2) is 59.4 Å². The van der Waals surface area contributed by atoms with Crippen LogP contribution >= 0.6 is 11.3 Å². The number of pyridine rings is 1. The normalized spacial score (nSPS) is 10.6. The molecule has 5 heteroatoms. The molecular formula is C20H22N2O2S. The first-order valence-corrected chi connectivity index (χ1v) is 9.36. The van der Waals surface area contributed by atoms with E-state index in [1.165, 1.54) is 5.56 Å². The third kappa shape index (κ3) is 5.05. The van der Waals surface area contributed by atoms with Crippen LogP contribution in [-0.2, 0) is 13.1 Å². The molecule has 0 amide bonds. The lowest BCUT2D eigenvalue weighted by atomic mass is 10.2. The fourth-order valence-electron chi connectivity index (χ4n) is 2.36. The van der Waals surface area contributed by atoms with Crippen LogP contribution in [0.5, 0.6) is 17.4 Å². The van der Waals surface area contributed by atoms with Gasteiger partial charge in [0.1, 0.15) is 0 Å². The van der Waals surface area contributed by atoms with E-state index in [1.807, 2.05) is 36.4 Å². The average molecular weight is 354 g/mol. The van der Waals surface area contributed by atoms with E-state index in [9.17, 15) is 0 Å². The Morgan fingerprint density at radius 3 is 2.72 bits per heavy atom. The molecule has 0 unspecified atom stereocenters. The summed E-state index contributed by atoms with van der Waals surface area (Å²) in [5.74, 6) is 2.04. The Balaban J connectivity index is 1.68. The van der Waals surface area contributed by atoms with Gasteiger partial charge in [-0.15, -0.1) is 0 Å². The van der Waals surface area contributed by atoms with Crippen molar-refractivity contribution in [3.8, 4) is 17.4 Å². The number of thiophene rings is 1. The van der Waals surface area contributed by atoms with Gasteiger partial charge in [-0.3, -0.25) is 0 Å². The van der Waals surface area contributed by atoms with Gasteiger partial charge in [0.15, 0.2) is 11.5 Å². The van der Waals surface area contributed by atoms with Crippen molar-refractivity contribution in [3.05, 3.63) is 70.5 Å². The number of para-hydroxylation sites is 2. The highest BCUT2D eigenvalue weighted by atomic mass is 32.1. The number of aromatic nitrogens is 1. The maximum atomic E-state index is 6.05. The van der Waals surface area contributed by atoms with Crippen molar-refractivity contribution in [2.45, 2.75) is 26.4 Å². The molecule has 3 aromatic rings. The zero-order chi connectivity index (χ0) is 17.3. The molecule has 0 aliphatic heterocycles. The van der Waals surface area contributed by atoms with Crippen molar-refractivity contribution in [1.29, 1.82) is 0 Å². The van der Waals surface area contributed by atoms with Gasteiger partial charge < -0.3 is 14.8 Å². The van der Waals surface area contributed by atoms with E-state index >= 15 is 0 Å². The highest BCUT2D eigenvalue weighted by molar-refractivity contribution is 7.07. The predicted molar refractivity (Wildman–Crippen MR) is 101 cm³/mol. The third-order valence-electron chi connectivity index (χ3n) is 3.59. The Morgan fingerprint density at radius 1 is 1.04 bits per heavy atom. The van der Waals surface area contributed by atoms with Gasteiger partial charge in [0, 0.05) is 24.8 Å². The van der Waals surface area contributed by atoms with Crippen LogP contribution < -0.4 is 14.8 Å². The van der Waals surface area contributed by atoms with Crippen molar-refractivity contribution in [2.75, 3.05) is 6.61 Å². The first-order chi connectivity index (χ1) is 12.4. The fourth-order valence-corrected chi connectivity index (χ4v) is 3.02. The molecule has 0 bridgehead atoms. The Bertz CT molecular complexity index is 775. The number of nitrogens with zero attached hydrogens (tertiary/aromatic N) is 1. The van der Waals surface area contributed by atoms with Crippen LogP contribution in [0.1, 0.15) is 24.5 Å². The quantitative estimate of drug-likeness (QED) is 0.586. The molecular weight excluding hydrogens is 332 g/mol. The van der Waals surface area contributed by atoms with Gasteiger partial charge in [0.2, 0.25) is 5.88 Å². The van der Waals surface area contributed by atoms with E-state index in [1.54, 1.807) is 17.5 Å². The Morgan fingerprint density at radius 2 is 1.92 bits per heavy atom. The SMILES string of the molecule is CCCOc1ccccc1Oc1ncccc1CNCc1ccsc1. The summed E-state index contributed by atoms with van der Waals surface area (Å²) in [5, 5.41) is 7.67. The van der Waals surface area contributed by atoms with Crippen LogP contribution in [0, 0.1) is 0 Å². The molecule has 2 aromatic heterocycles. The lowest BCUT2D eigenvalue weighted by Gasteiger charge is -2.14. The Labute approximate surface area is 152 Å². The molecule has 25 heavy (non-hydrogen) atoms. The number of benzene rings is 1. The minimum absolute atomic E-state index is 0.605. The average Bonchev–Trinajstić information content (AvgIpc) is 3.16. The summed E-state index contributed by atoms with van der Waals surface area (Å²) in [4.78, 5) is 4.40. The highest BCUT2D eigenvalue weighted by Gasteiger charge is 2.10. The first kappa shape index (κ1) is 17.5. The highest BCUT2D eigenvalue weighted by Crippen LogP contribution is 2.31. The minimum atomic E-state index is 0.605. The fraction of sp³-hybridized carbons (Fsp3) is 0.250. The van der Waals surface area contributed by atoms with Gasteiger partial charge in [0.05, 0.1) is 6.61 Å². The summed E-state index contributed by atoms with van der Waals surface area (Å²) in [7, 11) is 0. The van der Waals surface area contributed by atoms with Crippen molar-refractivity contribution in [3.63, 3.8) is 0 Å². The van der Waals surface area contributed by atoms with E-state index in [-0.39, 0.29) is 0 Å². The second kappa shape index (κ2) is 9.20. The molecule has 0 fully saturated rings. The molecule has 1 N–H and O–H groups in total. The molecule has 0 aliphatic rings. The Hall–Kier alpha value is -2.37. The third-order valence-corrected chi connectivity index (χ3v) is 4.32. The summed E-state index contributed by atoms with van der Waals surface area (Å²) < 4.78 is 11.8. The molecule has 4 nitrogen and oxygen atoms in total. The zero-order valence-electron chi connectivity index (χ0n) is 14.3. The maximum absolute atomic E-state index is 6.05. The van der Waals surface area contributed by atoms with Gasteiger partial charge in [-0.1, -0.05) is 25.1 Å². The van der Waals surface area contributed by atoms with Gasteiger partial charge in [-0.25, -0.2) is 4.98 Å². The number of hydrogen-bond donors (Lipinski definition) is 1. The summed E-state index contributed by atoms with van der Waals surface area (Å²) in [6.45, 7) is 4.27. The van der Waals surface area contributed by atoms with Gasteiger partial charge >= 0.3 is 0 Å². The van der Waals surface area contributed by atoms with Crippen LogP contribution in [-0.4, -0.2) is 11.6 Å². The smallest absolute Gasteiger partial charge is 0.223 e. The first-order valence-electron chi connectivity index (χ1n) is 8.42. The van der Waals surface area contributed by atoms with E-state index in [2.05, 4.69) is 34.1 Å². The molecule has 0 aliphatic carbocycles. The van der Waals surface area contributed by atoms with Crippen LogP contribution in [0.3, 0.4) is 0 Å². The van der Waals surface area contributed by atoms with Gasteiger partial charge in [-0.2, -0.15) is 11.3 Å². The molecule has 130 valence electrons. The molecule has 0 saturated heterocycles. The number of hydrogen-bond acceptors (Lipinski definition) is 5. The molecule has 0 atom stereocenters. The second-order valence-corrected chi connectivity index (χ2v) is 6.38. The molecule has 2 heterocycles. The molecule has 0 spiro atoms. The van der Waals surface area contributed by atoms with Crippen molar-refractivity contribution in [1.82, 2.24) is 10.3 Å². The minimum Gasteiger partial charge on any atom is -0.490 e. The van der Waals surface area contributed by atoms with Crippen LogP contribution in [0.25, 0.3) is 0 Å². The van der Waals surface area contributed by atoms with E-state index in [0.29, 0.717) is 24.8 Å². The van der Waals surface area contributed by atoms with Crippen molar-refractivity contribution in [2.24, 2.45) is 0 Å². The number of ether oxygens (including phenoxy) is 2. The van der Waals surface area contributed by atoms with Gasteiger partial charge in [0.25, 0.3) is 0 Å². The van der Waals surface area contributed by atoms with Crippen LogP contribution in [0.4, 0.5) is 0 Å². The van der Waals surface area contributed by atoms with E-state index in [4.69, 9.17) is 9.47 Å². The van der Waals surface area contributed by atoms with E-state index in [0.717, 1.165) is 24.3 Å².